The molecule has 0 N–H and O–H groups in total. The molecule has 7 heteroatoms. The van der Waals surface area contributed by atoms with Gasteiger partial charge in [-0.05, 0) is 48.7 Å². The van der Waals surface area contributed by atoms with E-state index in [1.807, 2.05) is 0 Å². The van der Waals surface area contributed by atoms with Gasteiger partial charge in [0.2, 0.25) is 0 Å². The quantitative estimate of drug-likeness (QED) is 0.473. The molecule has 136 valence electrons. The number of benzene rings is 2. The summed E-state index contributed by atoms with van der Waals surface area (Å²) in [6.07, 6.45) is 1.86. The molecule has 3 aromatic rings. The van der Waals surface area contributed by atoms with Crippen LogP contribution in [-0.4, -0.2) is 8.42 Å². The minimum absolute atomic E-state index is 0.00552. The van der Waals surface area contributed by atoms with Crippen molar-refractivity contribution in [2.75, 3.05) is 0 Å². The van der Waals surface area contributed by atoms with Crippen molar-refractivity contribution in [2.24, 2.45) is 0 Å². The topological polar surface area (TPSA) is 73.6 Å². The SMILES string of the molecule is CCCc1ccc(S(=O)(=O)Oc2ccc3c(C)c(Cl)c(=O)oc3c2)cc1. The molecule has 0 unspecified atom stereocenters. The van der Waals surface area contributed by atoms with Crippen LogP contribution in [0.3, 0.4) is 0 Å². The van der Waals surface area contributed by atoms with Crippen LogP contribution in [0, 0.1) is 6.92 Å². The van der Waals surface area contributed by atoms with Gasteiger partial charge in [-0.15, -0.1) is 0 Å². The van der Waals surface area contributed by atoms with Crippen molar-refractivity contribution in [3.63, 3.8) is 0 Å². The average Bonchev–Trinajstić information content (AvgIpc) is 2.60. The first-order chi connectivity index (χ1) is 12.3. The van der Waals surface area contributed by atoms with Crippen LogP contribution in [0.5, 0.6) is 5.75 Å². The van der Waals surface area contributed by atoms with Crippen LogP contribution < -0.4 is 9.81 Å². The van der Waals surface area contributed by atoms with Crippen molar-refractivity contribution in [1.29, 1.82) is 0 Å². The Morgan fingerprint density at radius 2 is 1.81 bits per heavy atom. The maximum atomic E-state index is 12.5. The van der Waals surface area contributed by atoms with Gasteiger partial charge in [-0.2, -0.15) is 8.42 Å². The van der Waals surface area contributed by atoms with Crippen LogP contribution in [0.1, 0.15) is 24.5 Å². The Bertz CT molecular complexity index is 1120. The zero-order valence-corrected chi connectivity index (χ0v) is 15.9. The van der Waals surface area contributed by atoms with Crippen molar-refractivity contribution in [3.05, 3.63) is 69.0 Å². The average molecular weight is 393 g/mol. The summed E-state index contributed by atoms with van der Waals surface area (Å²) in [5.74, 6) is 0.0556. The van der Waals surface area contributed by atoms with Crippen molar-refractivity contribution in [3.8, 4) is 5.75 Å². The molecule has 0 aliphatic rings. The number of hydrogen-bond acceptors (Lipinski definition) is 5. The first-order valence-corrected chi connectivity index (χ1v) is 9.87. The van der Waals surface area contributed by atoms with Gasteiger partial charge in [-0.3, -0.25) is 0 Å². The molecule has 26 heavy (non-hydrogen) atoms. The summed E-state index contributed by atoms with van der Waals surface area (Å²) in [7, 11) is -3.99. The molecule has 0 bridgehead atoms. The molecule has 0 fully saturated rings. The first-order valence-electron chi connectivity index (χ1n) is 8.08. The lowest BCUT2D eigenvalue weighted by molar-refractivity contribution is 0.485. The second-order valence-electron chi connectivity index (χ2n) is 5.92. The van der Waals surface area contributed by atoms with Crippen molar-refractivity contribution < 1.29 is 17.0 Å². The van der Waals surface area contributed by atoms with E-state index in [1.165, 1.54) is 24.3 Å². The monoisotopic (exact) mass is 392 g/mol. The summed E-state index contributed by atoms with van der Waals surface area (Å²) in [5.41, 5.74) is 1.16. The number of hydrogen-bond donors (Lipinski definition) is 0. The zero-order chi connectivity index (χ0) is 18.9. The second-order valence-corrected chi connectivity index (χ2v) is 7.84. The van der Waals surface area contributed by atoms with E-state index in [9.17, 15) is 13.2 Å². The Morgan fingerprint density at radius 1 is 1.12 bits per heavy atom. The maximum absolute atomic E-state index is 12.5. The number of halogens is 1. The minimum Gasteiger partial charge on any atom is -0.421 e. The van der Waals surface area contributed by atoms with Gasteiger partial charge in [0.15, 0.2) is 0 Å². The van der Waals surface area contributed by atoms with Gasteiger partial charge in [0.25, 0.3) is 0 Å². The Kier molecular flexibility index (Phi) is 5.07. The molecule has 0 saturated carbocycles. The molecule has 2 aromatic carbocycles. The van der Waals surface area contributed by atoms with E-state index in [1.54, 1.807) is 25.1 Å². The highest BCUT2D eigenvalue weighted by atomic mass is 35.5. The highest BCUT2D eigenvalue weighted by Crippen LogP contribution is 2.27. The molecule has 0 aliphatic heterocycles. The van der Waals surface area contributed by atoms with E-state index in [0.717, 1.165) is 18.4 Å². The lowest BCUT2D eigenvalue weighted by Crippen LogP contribution is -2.10. The normalized spacial score (nSPS) is 11.7. The van der Waals surface area contributed by atoms with E-state index in [-0.39, 0.29) is 21.3 Å². The summed E-state index contributed by atoms with van der Waals surface area (Å²) in [5, 5.41) is 0.620. The standard InChI is InChI=1S/C19H17ClO5S/c1-3-4-13-5-8-15(9-6-13)26(22,23)25-14-7-10-16-12(2)18(20)19(21)24-17(16)11-14/h5-11H,3-4H2,1-2H3. The van der Waals surface area contributed by atoms with Crippen molar-refractivity contribution in [2.45, 2.75) is 31.6 Å². The van der Waals surface area contributed by atoms with Crippen molar-refractivity contribution in [1.82, 2.24) is 0 Å². The summed E-state index contributed by atoms with van der Waals surface area (Å²) in [6.45, 7) is 3.75. The summed E-state index contributed by atoms with van der Waals surface area (Å²) in [4.78, 5) is 11.8. The summed E-state index contributed by atoms with van der Waals surface area (Å²) < 4.78 is 35.2. The minimum atomic E-state index is -3.99. The molecule has 3 rings (SSSR count). The largest absolute Gasteiger partial charge is 0.421 e. The molecular weight excluding hydrogens is 376 g/mol. The number of aryl methyl sites for hydroxylation is 2. The number of rotatable bonds is 5. The highest BCUT2D eigenvalue weighted by molar-refractivity contribution is 7.87. The van der Waals surface area contributed by atoms with E-state index >= 15 is 0 Å². The third kappa shape index (κ3) is 3.61. The van der Waals surface area contributed by atoms with Crippen LogP contribution in [0.25, 0.3) is 11.0 Å². The second kappa shape index (κ2) is 7.13. The van der Waals surface area contributed by atoms with E-state index in [4.69, 9.17) is 20.2 Å². The highest BCUT2D eigenvalue weighted by Gasteiger charge is 2.18. The van der Waals surface area contributed by atoms with Gasteiger partial charge < -0.3 is 8.60 Å². The lowest BCUT2D eigenvalue weighted by atomic mass is 10.1. The Labute approximate surface area is 156 Å². The van der Waals surface area contributed by atoms with Crippen LogP contribution in [-0.2, 0) is 16.5 Å². The van der Waals surface area contributed by atoms with Crippen LogP contribution in [0.15, 0.2) is 56.6 Å². The molecule has 0 radical (unpaired) electrons. The zero-order valence-electron chi connectivity index (χ0n) is 14.3. The van der Waals surface area contributed by atoms with E-state index < -0.39 is 15.7 Å². The third-order valence-corrected chi connectivity index (χ3v) is 5.72. The third-order valence-electron chi connectivity index (χ3n) is 4.02. The lowest BCUT2D eigenvalue weighted by Gasteiger charge is -2.09. The molecule has 5 nitrogen and oxygen atoms in total. The predicted octanol–water partition coefficient (Wildman–Crippen LogP) is 4.48. The fourth-order valence-electron chi connectivity index (χ4n) is 2.65. The Hall–Kier alpha value is -2.31. The van der Waals surface area contributed by atoms with Gasteiger partial charge >= 0.3 is 15.7 Å². The van der Waals surface area contributed by atoms with E-state index in [0.29, 0.717) is 10.9 Å². The van der Waals surface area contributed by atoms with Crippen LogP contribution >= 0.6 is 11.6 Å². The molecule has 0 aliphatic carbocycles. The molecule has 1 heterocycles. The fourth-order valence-corrected chi connectivity index (χ4v) is 3.71. The summed E-state index contributed by atoms with van der Waals surface area (Å²) in [6, 6.07) is 11.0. The molecule has 0 amide bonds. The summed E-state index contributed by atoms with van der Waals surface area (Å²) >= 11 is 5.88. The Balaban J connectivity index is 1.94. The van der Waals surface area contributed by atoms with E-state index in [2.05, 4.69) is 6.92 Å². The molecule has 0 saturated heterocycles. The Morgan fingerprint density at radius 3 is 2.46 bits per heavy atom. The van der Waals surface area contributed by atoms with Crippen LogP contribution in [0.2, 0.25) is 5.02 Å². The predicted molar refractivity (Wildman–Crippen MR) is 100 cm³/mol. The van der Waals surface area contributed by atoms with Crippen molar-refractivity contribution >= 4 is 32.7 Å². The molecule has 0 atom stereocenters. The van der Waals surface area contributed by atoms with Gasteiger partial charge in [0, 0.05) is 11.5 Å². The molecule has 1 aromatic heterocycles. The first kappa shape index (κ1) is 18.5. The van der Waals surface area contributed by atoms with Gasteiger partial charge in [-0.25, -0.2) is 4.79 Å². The van der Waals surface area contributed by atoms with Gasteiger partial charge in [0.1, 0.15) is 21.3 Å². The molecule has 0 spiro atoms. The maximum Gasteiger partial charge on any atom is 0.355 e. The fraction of sp³-hybridized carbons (Fsp3) is 0.211. The molecular formula is C19H17ClO5S. The smallest absolute Gasteiger partial charge is 0.355 e. The van der Waals surface area contributed by atoms with Gasteiger partial charge in [-0.1, -0.05) is 37.1 Å². The van der Waals surface area contributed by atoms with Gasteiger partial charge in [0.05, 0.1) is 0 Å². The number of fused-ring (bicyclic) bond motifs is 1. The van der Waals surface area contributed by atoms with Crippen LogP contribution in [0.4, 0.5) is 0 Å².